The van der Waals surface area contributed by atoms with E-state index in [-0.39, 0.29) is 12.1 Å². The minimum absolute atomic E-state index is 0.171. The van der Waals surface area contributed by atoms with E-state index >= 15 is 0 Å². The Morgan fingerprint density at radius 3 is 2.73 bits per heavy atom. The summed E-state index contributed by atoms with van der Waals surface area (Å²) in [7, 11) is 0. The topological polar surface area (TPSA) is 123 Å². The van der Waals surface area contributed by atoms with Gasteiger partial charge in [0.05, 0.1) is 28.4 Å². The van der Waals surface area contributed by atoms with Gasteiger partial charge in [-0.05, 0) is 58.3 Å². The van der Waals surface area contributed by atoms with Gasteiger partial charge in [-0.15, -0.1) is 0 Å². The molecule has 0 atom stereocenters. The lowest BCUT2D eigenvalue weighted by Crippen LogP contribution is -2.56. The summed E-state index contributed by atoms with van der Waals surface area (Å²) < 4.78 is 13.2. The second-order valence-electron chi connectivity index (χ2n) is 8.97. The number of ether oxygens (including phenoxy) is 2. The molecular formula is C27H22BrN7O2. The first-order valence-electron chi connectivity index (χ1n) is 11.9. The molecule has 1 aliphatic heterocycles. The molecule has 4 aromatic rings. The lowest BCUT2D eigenvalue weighted by molar-refractivity contribution is 0.409. The number of fused-ring (bicyclic) bond motifs is 2. The summed E-state index contributed by atoms with van der Waals surface area (Å²) >= 11 is 3.71. The zero-order valence-corrected chi connectivity index (χ0v) is 21.6. The third kappa shape index (κ3) is 4.37. The molecule has 1 aliphatic carbocycles. The highest BCUT2D eigenvalue weighted by molar-refractivity contribution is 9.15. The molecule has 184 valence electrons. The normalized spacial score (nSPS) is 14.9. The maximum absolute atomic E-state index is 9.27. The van der Waals surface area contributed by atoms with Gasteiger partial charge >= 0.3 is 6.01 Å². The van der Waals surface area contributed by atoms with Crippen LogP contribution in [0.2, 0.25) is 0 Å². The summed E-state index contributed by atoms with van der Waals surface area (Å²) in [5.41, 5.74) is 10.0. The van der Waals surface area contributed by atoms with Crippen LogP contribution >= 0.6 is 15.9 Å². The molecule has 2 N–H and O–H groups in total. The van der Waals surface area contributed by atoms with Gasteiger partial charge in [0, 0.05) is 41.5 Å². The minimum atomic E-state index is 0.171. The summed E-state index contributed by atoms with van der Waals surface area (Å²) in [5, 5.41) is 10.2. The monoisotopic (exact) mass is 555 g/mol. The van der Waals surface area contributed by atoms with E-state index < -0.39 is 0 Å². The number of anilines is 1. The third-order valence-electron chi connectivity index (χ3n) is 6.45. The smallest absolute Gasteiger partial charge is 0.325 e. The molecule has 0 saturated carbocycles. The maximum atomic E-state index is 9.27. The summed E-state index contributed by atoms with van der Waals surface area (Å²) in [4.78, 5) is 20.3. The molecule has 0 radical (unpaired) electrons. The van der Waals surface area contributed by atoms with Gasteiger partial charge in [0.1, 0.15) is 23.6 Å². The predicted molar refractivity (Wildman–Crippen MR) is 143 cm³/mol. The number of benzene rings is 2. The third-order valence-corrected chi connectivity index (χ3v) is 7.41. The minimum Gasteiger partial charge on any atom is -0.438 e. The number of aromatic nitrogens is 4. The van der Waals surface area contributed by atoms with Gasteiger partial charge < -0.3 is 20.1 Å². The van der Waals surface area contributed by atoms with Crippen molar-refractivity contribution in [2.75, 3.05) is 18.0 Å². The SMILES string of the molecule is CCC1=C(Br)c2c(nc(Oc3ccc4c(N5CC(N)C5)ncnc4c3)nc2Oc2cccc(C#N)c2)C1. The van der Waals surface area contributed by atoms with Crippen LogP contribution in [-0.4, -0.2) is 39.1 Å². The van der Waals surface area contributed by atoms with E-state index in [4.69, 9.17) is 20.2 Å². The molecular weight excluding hydrogens is 534 g/mol. The number of nitrogens with zero attached hydrogens (tertiary/aromatic N) is 6. The van der Waals surface area contributed by atoms with Crippen LogP contribution in [0.1, 0.15) is 30.2 Å². The molecule has 9 nitrogen and oxygen atoms in total. The Kier molecular flexibility index (Phi) is 5.94. The van der Waals surface area contributed by atoms with Crippen LogP contribution in [-0.2, 0) is 6.42 Å². The first kappa shape index (κ1) is 23.3. The molecule has 2 aromatic heterocycles. The van der Waals surface area contributed by atoms with Gasteiger partial charge in [-0.1, -0.05) is 13.0 Å². The van der Waals surface area contributed by atoms with Crippen LogP contribution in [0.25, 0.3) is 15.4 Å². The van der Waals surface area contributed by atoms with E-state index in [1.807, 2.05) is 18.2 Å². The summed E-state index contributed by atoms with van der Waals surface area (Å²) in [6, 6.07) is 15.1. The lowest BCUT2D eigenvalue weighted by atomic mass is 10.1. The van der Waals surface area contributed by atoms with Crippen LogP contribution < -0.4 is 20.1 Å². The maximum Gasteiger partial charge on any atom is 0.325 e. The van der Waals surface area contributed by atoms with Crippen molar-refractivity contribution in [2.24, 2.45) is 5.73 Å². The Morgan fingerprint density at radius 1 is 1.11 bits per heavy atom. The molecule has 2 aliphatic rings. The Morgan fingerprint density at radius 2 is 1.95 bits per heavy atom. The summed E-state index contributed by atoms with van der Waals surface area (Å²) in [5.74, 6) is 2.29. The summed E-state index contributed by atoms with van der Waals surface area (Å²) in [6.45, 7) is 3.65. The average Bonchev–Trinajstić information content (AvgIpc) is 3.22. The van der Waals surface area contributed by atoms with Crippen molar-refractivity contribution in [2.45, 2.75) is 25.8 Å². The molecule has 10 heteroatoms. The first-order chi connectivity index (χ1) is 18.0. The number of halogens is 1. The Balaban J connectivity index is 1.35. The van der Waals surface area contributed by atoms with E-state index in [2.05, 4.69) is 48.8 Å². The van der Waals surface area contributed by atoms with Crippen LogP contribution in [0, 0.1) is 11.3 Å². The van der Waals surface area contributed by atoms with Crippen molar-refractivity contribution in [3.63, 3.8) is 0 Å². The second kappa shape index (κ2) is 9.42. The lowest BCUT2D eigenvalue weighted by Gasteiger charge is -2.38. The van der Waals surface area contributed by atoms with Crippen molar-refractivity contribution >= 4 is 37.1 Å². The van der Waals surface area contributed by atoms with E-state index in [0.717, 1.165) is 52.0 Å². The first-order valence-corrected chi connectivity index (χ1v) is 12.7. The zero-order chi connectivity index (χ0) is 25.5. The molecule has 0 spiro atoms. The number of hydrogen-bond acceptors (Lipinski definition) is 9. The van der Waals surface area contributed by atoms with E-state index in [0.29, 0.717) is 29.4 Å². The van der Waals surface area contributed by atoms with Gasteiger partial charge in [0.25, 0.3) is 0 Å². The molecule has 3 heterocycles. The molecule has 37 heavy (non-hydrogen) atoms. The van der Waals surface area contributed by atoms with Gasteiger partial charge in [-0.25, -0.2) is 9.97 Å². The molecule has 6 rings (SSSR count). The highest BCUT2D eigenvalue weighted by atomic mass is 79.9. The number of allylic oxidation sites excluding steroid dienone is 1. The van der Waals surface area contributed by atoms with Crippen LogP contribution in [0.5, 0.6) is 23.4 Å². The Hall–Kier alpha value is -4.07. The largest absolute Gasteiger partial charge is 0.438 e. The van der Waals surface area contributed by atoms with E-state index in [9.17, 15) is 5.26 Å². The van der Waals surface area contributed by atoms with Crippen LogP contribution in [0.3, 0.4) is 0 Å². The van der Waals surface area contributed by atoms with Gasteiger partial charge in [0.15, 0.2) is 0 Å². The molecule has 0 amide bonds. The standard InChI is InChI=1S/C27H22BrN7O2/c1-2-16-9-22-23(24(16)28)26(36-18-5-3-4-15(8-18)11-29)34-27(33-22)37-19-6-7-20-21(10-19)31-14-32-25(20)35-12-17(30)13-35/h3-8,10,14,17H,2,9,12-13,30H2,1H3. The van der Waals surface area contributed by atoms with Crippen molar-refractivity contribution in [1.29, 1.82) is 5.26 Å². The molecule has 1 saturated heterocycles. The quantitative estimate of drug-likeness (QED) is 0.346. The van der Waals surface area contributed by atoms with E-state index in [1.54, 1.807) is 30.6 Å². The van der Waals surface area contributed by atoms with Crippen molar-refractivity contribution < 1.29 is 9.47 Å². The molecule has 0 bridgehead atoms. The average molecular weight is 556 g/mol. The van der Waals surface area contributed by atoms with Crippen molar-refractivity contribution in [1.82, 2.24) is 19.9 Å². The molecule has 0 unspecified atom stereocenters. The Bertz CT molecular complexity index is 1610. The van der Waals surface area contributed by atoms with Gasteiger partial charge in [0.2, 0.25) is 5.88 Å². The number of rotatable bonds is 6. The van der Waals surface area contributed by atoms with Crippen LogP contribution in [0.15, 0.2) is 54.4 Å². The number of hydrogen-bond donors (Lipinski definition) is 1. The van der Waals surface area contributed by atoms with E-state index in [1.165, 1.54) is 5.57 Å². The second-order valence-corrected chi connectivity index (χ2v) is 9.76. The van der Waals surface area contributed by atoms with Gasteiger partial charge in [-0.2, -0.15) is 15.2 Å². The molecule has 1 fully saturated rings. The highest BCUT2D eigenvalue weighted by Crippen LogP contribution is 2.44. The fourth-order valence-electron chi connectivity index (χ4n) is 4.54. The number of nitrogens with two attached hydrogens (primary N) is 1. The van der Waals surface area contributed by atoms with Gasteiger partial charge in [-0.3, -0.25) is 0 Å². The van der Waals surface area contributed by atoms with Crippen molar-refractivity contribution in [3.05, 3.63) is 71.2 Å². The van der Waals surface area contributed by atoms with Crippen LogP contribution in [0.4, 0.5) is 5.82 Å². The fraction of sp³-hybridized carbons (Fsp3) is 0.222. The zero-order valence-electron chi connectivity index (χ0n) is 20.0. The predicted octanol–water partition coefficient (Wildman–Crippen LogP) is 5.10. The fourth-order valence-corrected chi connectivity index (χ4v) is 5.36. The number of nitriles is 1. The summed E-state index contributed by atoms with van der Waals surface area (Å²) in [6.07, 6.45) is 3.09. The van der Waals surface area contributed by atoms with Crippen molar-refractivity contribution in [3.8, 4) is 29.5 Å². The molecule has 2 aromatic carbocycles. The Labute approximate surface area is 221 Å². The highest BCUT2D eigenvalue weighted by Gasteiger charge is 2.28.